The summed E-state index contributed by atoms with van der Waals surface area (Å²) in [6, 6.07) is 39.2. The lowest BCUT2D eigenvalue weighted by atomic mass is 10.0. The zero-order valence-electron chi connectivity index (χ0n) is 20.5. The van der Waals surface area contributed by atoms with Gasteiger partial charge in [0.1, 0.15) is 12.2 Å². The second kappa shape index (κ2) is 14.0. The predicted molar refractivity (Wildman–Crippen MR) is 143 cm³/mol. The Balaban J connectivity index is 1.25. The maximum Gasteiger partial charge on any atom is 0.472 e. The van der Waals surface area contributed by atoms with Gasteiger partial charge < -0.3 is 14.4 Å². The van der Waals surface area contributed by atoms with Gasteiger partial charge in [-0.2, -0.15) is 0 Å². The molecule has 192 valence electrons. The fraction of sp³-hybridized carbons (Fsp3) is 0.200. The minimum absolute atomic E-state index is 0.0958. The Morgan fingerprint density at radius 3 is 1.03 bits per heavy atom. The normalized spacial score (nSPS) is 11.8. The summed E-state index contributed by atoms with van der Waals surface area (Å²) in [6.45, 7) is 0.0365. The van der Waals surface area contributed by atoms with E-state index in [9.17, 15) is 9.46 Å². The van der Waals surface area contributed by atoms with Crippen LogP contribution in [-0.4, -0.2) is 31.3 Å². The van der Waals surface area contributed by atoms with E-state index in [1.165, 1.54) is 0 Å². The monoisotopic (exact) mass is 518 g/mol. The van der Waals surface area contributed by atoms with E-state index < -0.39 is 7.82 Å². The Labute approximate surface area is 218 Å². The summed E-state index contributed by atoms with van der Waals surface area (Å²) in [5.74, 6) is 0. The number of hydrogen-bond acceptors (Lipinski definition) is 5. The van der Waals surface area contributed by atoms with Crippen LogP contribution in [0.4, 0.5) is 0 Å². The Morgan fingerprint density at radius 2 is 0.757 bits per heavy atom. The molecule has 0 aliphatic carbocycles. The highest BCUT2D eigenvalue weighted by atomic mass is 31.2. The molecule has 1 N–H and O–H groups in total. The third-order valence-electron chi connectivity index (χ3n) is 5.65. The second-order valence-electron chi connectivity index (χ2n) is 8.28. The number of rotatable bonds is 14. The molecule has 0 spiro atoms. The first-order valence-corrected chi connectivity index (χ1v) is 13.7. The summed E-state index contributed by atoms with van der Waals surface area (Å²) in [4.78, 5) is 10.1. The fourth-order valence-corrected chi connectivity index (χ4v) is 4.64. The van der Waals surface area contributed by atoms with Crippen LogP contribution in [0.3, 0.4) is 0 Å². The molecular formula is C30H31O6P. The molecular weight excluding hydrogens is 487 g/mol. The molecule has 0 amide bonds. The maximum absolute atomic E-state index is 12.4. The quantitative estimate of drug-likeness (QED) is 0.147. The molecule has 0 heterocycles. The van der Waals surface area contributed by atoms with Crippen molar-refractivity contribution in [1.29, 1.82) is 0 Å². The van der Waals surface area contributed by atoms with Crippen molar-refractivity contribution in [3.8, 4) is 0 Å². The average Bonchev–Trinajstić information content (AvgIpc) is 2.95. The zero-order chi connectivity index (χ0) is 25.8. The molecule has 0 saturated heterocycles. The number of hydrogen-bond donors (Lipinski definition) is 1. The molecule has 0 unspecified atom stereocenters. The molecule has 0 fully saturated rings. The minimum atomic E-state index is -4.26. The standard InChI is InChI=1S/C30H31O6P/c31-37(32,35-23-21-33-29(25-13-5-1-6-14-25)26-15-7-2-8-16-26)36-24-22-34-30(27-17-9-3-10-18-27)28-19-11-4-12-20-28/h1-20,29-30H,21-24H2,(H,31,32). The third-order valence-corrected chi connectivity index (χ3v) is 6.67. The summed E-state index contributed by atoms with van der Waals surface area (Å²) >= 11 is 0. The maximum atomic E-state index is 12.4. The summed E-state index contributed by atoms with van der Waals surface area (Å²) < 4.78 is 34.7. The fourth-order valence-electron chi connectivity index (χ4n) is 3.96. The molecule has 4 aromatic carbocycles. The highest BCUT2D eigenvalue weighted by Gasteiger charge is 2.22. The number of ether oxygens (including phenoxy) is 2. The van der Waals surface area contributed by atoms with Crippen LogP contribution < -0.4 is 0 Å². The van der Waals surface area contributed by atoms with Gasteiger partial charge in [0.05, 0.1) is 26.4 Å². The summed E-state index contributed by atoms with van der Waals surface area (Å²) in [5.41, 5.74) is 3.95. The summed E-state index contributed by atoms with van der Waals surface area (Å²) in [5, 5.41) is 0. The van der Waals surface area contributed by atoms with Crippen molar-refractivity contribution in [2.45, 2.75) is 12.2 Å². The van der Waals surface area contributed by atoms with E-state index >= 15 is 0 Å². The summed E-state index contributed by atoms with van der Waals surface area (Å²) in [6.07, 6.45) is -0.627. The van der Waals surface area contributed by atoms with Crippen molar-refractivity contribution in [3.05, 3.63) is 144 Å². The average molecular weight is 519 g/mol. The molecule has 37 heavy (non-hydrogen) atoms. The third kappa shape index (κ3) is 8.48. The molecule has 7 heteroatoms. The number of phosphoric ester groups is 1. The summed E-state index contributed by atoms with van der Waals surface area (Å²) in [7, 11) is -4.26. The first kappa shape index (κ1) is 27.0. The van der Waals surface area contributed by atoms with Gasteiger partial charge >= 0.3 is 7.82 Å². The Morgan fingerprint density at radius 1 is 0.486 bits per heavy atom. The van der Waals surface area contributed by atoms with Crippen molar-refractivity contribution in [2.75, 3.05) is 26.4 Å². The Kier molecular flexibility index (Phi) is 10.2. The van der Waals surface area contributed by atoms with Crippen molar-refractivity contribution >= 4 is 7.82 Å². The van der Waals surface area contributed by atoms with Crippen molar-refractivity contribution in [3.63, 3.8) is 0 Å². The molecule has 0 saturated carbocycles. The van der Waals surface area contributed by atoms with E-state index in [0.717, 1.165) is 22.3 Å². The van der Waals surface area contributed by atoms with Gasteiger partial charge in [0.15, 0.2) is 0 Å². The van der Waals surface area contributed by atoms with Crippen LogP contribution in [0.15, 0.2) is 121 Å². The van der Waals surface area contributed by atoms with Gasteiger partial charge in [-0.05, 0) is 22.3 Å². The number of phosphoric acid groups is 1. The SMILES string of the molecule is O=P(O)(OCCOC(c1ccccc1)c1ccccc1)OCCOC(c1ccccc1)c1ccccc1. The molecule has 0 aromatic heterocycles. The zero-order valence-corrected chi connectivity index (χ0v) is 21.4. The van der Waals surface area contributed by atoms with Crippen LogP contribution in [0.25, 0.3) is 0 Å². The Bertz CT molecular complexity index is 1050. The van der Waals surface area contributed by atoms with Crippen molar-refractivity contribution in [1.82, 2.24) is 0 Å². The van der Waals surface area contributed by atoms with Crippen LogP contribution in [-0.2, 0) is 23.1 Å². The Hall–Kier alpha value is -3.09. The van der Waals surface area contributed by atoms with E-state index in [0.29, 0.717) is 0 Å². The van der Waals surface area contributed by atoms with E-state index in [4.69, 9.17) is 18.5 Å². The van der Waals surface area contributed by atoms with Crippen LogP contribution in [0.2, 0.25) is 0 Å². The first-order valence-electron chi connectivity index (χ1n) is 12.2. The van der Waals surface area contributed by atoms with Gasteiger partial charge in [-0.1, -0.05) is 121 Å². The first-order chi connectivity index (χ1) is 18.1. The van der Waals surface area contributed by atoms with E-state index in [1.54, 1.807) is 0 Å². The lowest BCUT2D eigenvalue weighted by Crippen LogP contribution is -2.13. The van der Waals surface area contributed by atoms with Gasteiger partial charge in [0, 0.05) is 0 Å². The molecule has 0 aliphatic rings. The number of benzene rings is 4. The van der Waals surface area contributed by atoms with Gasteiger partial charge in [0.2, 0.25) is 0 Å². The van der Waals surface area contributed by atoms with Crippen molar-refractivity contribution in [2.24, 2.45) is 0 Å². The van der Waals surface area contributed by atoms with Gasteiger partial charge in [-0.3, -0.25) is 9.05 Å². The van der Waals surface area contributed by atoms with Gasteiger partial charge in [0.25, 0.3) is 0 Å². The smallest absolute Gasteiger partial charge is 0.366 e. The highest BCUT2D eigenvalue weighted by molar-refractivity contribution is 7.47. The lowest BCUT2D eigenvalue weighted by molar-refractivity contribution is 0.0277. The predicted octanol–water partition coefficient (Wildman–Crippen LogP) is 6.73. The highest BCUT2D eigenvalue weighted by Crippen LogP contribution is 2.43. The van der Waals surface area contributed by atoms with Crippen LogP contribution in [0.5, 0.6) is 0 Å². The van der Waals surface area contributed by atoms with E-state index in [-0.39, 0.29) is 38.6 Å². The lowest BCUT2D eigenvalue weighted by Gasteiger charge is -2.20. The minimum Gasteiger partial charge on any atom is -0.366 e. The largest absolute Gasteiger partial charge is 0.472 e. The van der Waals surface area contributed by atoms with Crippen LogP contribution in [0.1, 0.15) is 34.5 Å². The van der Waals surface area contributed by atoms with Gasteiger partial charge in [-0.25, -0.2) is 4.57 Å². The topological polar surface area (TPSA) is 74.2 Å². The molecule has 4 aromatic rings. The molecule has 0 atom stereocenters. The van der Waals surface area contributed by atoms with Gasteiger partial charge in [-0.15, -0.1) is 0 Å². The van der Waals surface area contributed by atoms with Crippen molar-refractivity contribution < 1.29 is 28.0 Å². The van der Waals surface area contributed by atoms with E-state index in [2.05, 4.69) is 0 Å². The van der Waals surface area contributed by atoms with E-state index in [1.807, 2.05) is 121 Å². The second-order valence-corrected chi connectivity index (χ2v) is 9.73. The molecule has 0 aliphatic heterocycles. The molecule has 6 nitrogen and oxygen atoms in total. The molecule has 0 radical (unpaired) electrons. The molecule has 0 bridgehead atoms. The van der Waals surface area contributed by atoms with Crippen LogP contribution in [0, 0.1) is 0 Å². The molecule has 4 rings (SSSR count). The van der Waals surface area contributed by atoms with Crippen LogP contribution >= 0.6 is 7.82 Å².